The zero-order valence-corrected chi connectivity index (χ0v) is 24.7. The molecule has 12 nitrogen and oxygen atoms in total. The zero-order valence-electron chi connectivity index (χ0n) is 23.8. The van der Waals surface area contributed by atoms with Crippen LogP contribution in [0.25, 0.3) is 0 Å². The van der Waals surface area contributed by atoms with Crippen LogP contribution in [0, 0.1) is 0 Å². The fourth-order valence-electron chi connectivity index (χ4n) is 3.84. The molecule has 4 rings (SSSR count). The number of primary amides is 1. The first-order valence-electron chi connectivity index (χ1n) is 13.1. The van der Waals surface area contributed by atoms with E-state index in [0.717, 1.165) is 16.0 Å². The fourth-order valence-corrected chi connectivity index (χ4v) is 4.96. The van der Waals surface area contributed by atoms with Crippen molar-refractivity contribution in [3.05, 3.63) is 86.6 Å². The van der Waals surface area contributed by atoms with Gasteiger partial charge in [-0.1, -0.05) is 30.3 Å². The molecule has 2 heterocycles. The van der Waals surface area contributed by atoms with Gasteiger partial charge in [0.15, 0.2) is 0 Å². The Morgan fingerprint density at radius 1 is 1.04 bits per heavy atom. The van der Waals surface area contributed by atoms with Crippen LogP contribution in [0.3, 0.4) is 0 Å². The first-order chi connectivity index (χ1) is 21.2. The zero-order chi connectivity index (χ0) is 33.7. The summed E-state index contributed by atoms with van der Waals surface area (Å²) in [5.41, 5.74) is 13.8. The van der Waals surface area contributed by atoms with Crippen molar-refractivity contribution >= 4 is 46.7 Å². The third kappa shape index (κ3) is 10.7. The molecule has 1 aliphatic rings. The first kappa shape index (κ1) is 36.4. The summed E-state index contributed by atoms with van der Waals surface area (Å²) < 4.78 is 42.0. The number of nitrogens with zero attached hydrogens (tertiary/aromatic N) is 1. The summed E-state index contributed by atoms with van der Waals surface area (Å²) in [6, 6.07) is 15.6. The maximum Gasteiger partial charge on any atom is 0.490 e. The van der Waals surface area contributed by atoms with E-state index >= 15 is 0 Å². The van der Waals surface area contributed by atoms with E-state index in [9.17, 15) is 32.3 Å². The summed E-state index contributed by atoms with van der Waals surface area (Å²) in [6.45, 7) is 2.91. The van der Waals surface area contributed by atoms with Crippen LogP contribution >= 0.6 is 11.3 Å². The summed E-state index contributed by atoms with van der Waals surface area (Å²) in [7, 11) is 0. The van der Waals surface area contributed by atoms with Crippen molar-refractivity contribution in [2.24, 2.45) is 11.5 Å². The standard InChI is InChI=1S/C16H16N2O3.C11H13NO4S.C2HF3O2/c17-10-12-5-4-6-13(9-12)16(21)18(11-15(19)20)14-7-2-1-3-8-14;1-2-16-11(14)8-6-3-4-15-5-7(6)17-9(8)10(12)13;3-2(4,5)1(6)7/h1-9H,10-11,17H2,(H,19,20);2-5H2,1H3,(H2,12,13);(H,6,7). The van der Waals surface area contributed by atoms with E-state index in [1.54, 1.807) is 49.4 Å². The van der Waals surface area contributed by atoms with Gasteiger partial charge in [0.25, 0.3) is 11.8 Å². The number of carboxylic acid groups (broad SMARTS) is 2. The number of fused-ring (bicyclic) bond motifs is 1. The number of halogens is 3. The van der Waals surface area contributed by atoms with Crippen molar-refractivity contribution in [1.82, 2.24) is 0 Å². The Kier molecular flexibility index (Phi) is 13.7. The van der Waals surface area contributed by atoms with E-state index < -0.39 is 36.5 Å². The lowest BCUT2D eigenvalue weighted by atomic mass is 10.0. The highest BCUT2D eigenvalue weighted by Crippen LogP contribution is 2.32. The van der Waals surface area contributed by atoms with E-state index in [0.29, 0.717) is 43.0 Å². The van der Waals surface area contributed by atoms with Crippen molar-refractivity contribution in [1.29, 1.82) is 0 Å². The monoisotopic (exact) mass is 653 g/mol. The lowest BCUT2D eigenvalue weighted by molar-refractivity contribution is -0.192. The van der Waals surface area contributed by atoms with Crippen LogP contribution in [0.4, 0.5) is 18.9 Å². The Morgan fingerprint density at radius 2 is 1.69 bits per heavy atom. The molecule has 1 aliphatic heterocycles. The van der Waals surface area contributed by atoms with E-state index in [4.69, 9.17) is 35.9 Å². The first-order valence-corrected chi connectivity index (χ1v) is 13.9. The topological polar surface area (TPSA) is 200 Å². The van der Waals surface area contributed by atoms with E-state index in [1.807, 2.05) is 12.1 Å². The Morgan fingerprint density at radius 3 is 2.22 bits per heavy atom. The summed E-state index contributed by atoms with van der Waals surface area (Å²) >= 11 is 1.22. The van der Waals surface area contributed by atoms with Crippen LogP contribution in [-0.2, 0) is 38.6 Å². The van der Waals surface area contributed by atoms with E-state index in [1.165, 1.54) is 16.2 Å². The van der Waals surface area contributed by atoms with Crippen LogP contribution in [-0.4, -0.2) is 65.9 Å². The second kappa shape index (κ2) is 16.9. The molecule has 2 aromatic carbocycles. The highest BCUT2D eigenvalue weighted by Gasteiger charge is 2.38. The predicted molar refractivity (Wildman–Crippen MR) is 156 cm³/mol. The van der Waals surface area contributed by atoms with E-state index in [-0.39, 0.29) is 17.4 Å². The number of thiophene rings is 1. The van der Waals surface area contributed by atoms with Crippen LogP contribution in [0.2, 0.25) is 0 Å². The molecule has 1 aromatic heterocycles. The molecule has 0 aliphatic carbocycles. The number of hydrogen-bond donors (Lipinski definition) is 4. The molecule has 0 unspecified atom stereocenters. The number of hydrogen-bond acceptors (Lipinski definition) is 9. The quantitative estimate of drug-likeness (QED) is 0.260. The molecular formula is C29H30F3N3O9S. The highest BCUT2D eigenvalue weighted by molar-refractivity contribution is 7.14. The van der Waals surface area contributed by atoms with Gasteiger partial charge in [-0.25, -0.2) is 9.59 Å². The molecule has 0 radical (unpaired) electrons. The number of nitrogens with two attached hydrogens (primary N) is 2. The molecule has 0 saturated carbocycles. The Bertz CT molecular complexity index is 1510. The molecule has 3 aromatic rings. The molecule has 0 atom stereocenters. The third-order valence-electron chi connectivity index (χ3n) is 5.78. The van der Waals surface area contributed by atoms with Crippen molar-refractivity contribution in [2.45, 2.75) is 32.7 Å². The lowest BCUT2D eigenvalue weighted by Crippen LogP contribution is -2.35. The molecular weight excluding hydrogens is 623 g/mol. The predicted octanol–water partition coefficient (Wildman–Crippen LogP) is 3.61. The van der Waals surface area contributed by atoms with Crippen LogP contribution in [0.1, 0.15) is 53.3 Å². The van der Waals surface area contributed by atoms with Crippen molar-refractivity contribution < 1.29 is 56.8 Å². The maximum atomic E-state index is 12.6. The second-order valence-electron chi connectivity index (χ2n) is 8.92. The molecule has 45 heavy (non-hydrogen) atoms. The molecule has 0 spiro atoms. The second-order valence-corrected chi connectivity index (χ2v) is 10.0. The number of carbonyl (C=O) groups excluding carboxylic acids is 3. The van der Waals surface area contributed by atoms with Gasteiger partial charge in [0.2, 0.25) is 0 Å². The average Bonchev–Trinajstić information content (AvgIpc) is 3.41. The van der Waals surface area contributed by atoms with Gasteiger partial charge in [-0.15, -0.1) is 11.3 Å². The van der Waals surface area contributed by atoms with Crippen molar-refractivity contribution in [2.75, 3.05) is 24.7 Å². The summed E-state index contributed by atoms with van der Waals surface area (Å²) in [6.07, 6.45) is -4.47. The number of esters is 1. The molecule has 0 bridgehead atoms. The smallest absolute Gasteiger partial charge is 0.480 e. The summed E-state index contributed by atoms with van der Waals surface area (Å²) in [5, 5.41) is 16.2. The maximum absolute atomic E-state index is 12.6. The van der Waals surface area contributed by atoms with Crippen LogP contribution < -0.4 is 16.4 Å². The minimum atomic E-state index is -5.08. The summed E-state index contributed by atoms with van der Waals surface area (Å²) in [5.74, 6) is -5.25. The molecule has 0 saturated heterocycles. The minimum Gasteiger partial charge on any atom is -0.480 e. The number of rotatable bonds is 8. The number of alkyl halides is 3. The molecule has 0 fully saturated rings. The van der Waals surface area contributed by atoms with Crippen molar-refractivity contribution in [3.63, 3.8) is 0 Å². The van der Waals surface area contributed by atoms with Gasteiger partial charge in [-0.2, -0.15) is 13.2 Å². The number of ether oxygens (including phenoxy) is 2. The van der Waals surface area contributed by atoms with Gasteiger partial charge in [0.1, 0.15) is 11.4 Å². The number of benzene rings is 2. The SMILES string of the molecule is CCOC(=O)c1c(C(N)=O)sc2c1CCOC2.NCc1cccc(C(=O)N(CC(=O)O)c2ccccc2)c1.O=C(O)C(F)(F)F. The Labute approximate surface area is 258 Å². The van der Waals surface area contributed by atoms with Gasteiger partial charge in [0.05, 0.1) is 25.4 Å². The number of carboxylic acids is 2. The molecule has 2 amide bonds. The largest absolute Gasteiger partial charge is 0.490 e. The molecule has 16 heteroatoms. The fraction of sp³-hybridized carbons (Fsp3) is 0.276. The lowest BCUT2D eigenvalue weighted by Gasteiger charge is -2.21. The number of aliphatic carboxylic acids is 2. The number of carbonyl (C=O) groups is 5. The van der Waals surface area contributed by atoms with E-state index in [2.05, 4.69) is 0 Å². The van der Waals surface area contributed by atoms with Gasteiger partial charge in [-0.3, -0.25) is 19.3 Å². The Balaban J connectivity index is 0.000000263. The van der Waals surface area contributed by atoms with Gasteiger partial charge < -0.3 is 31.2 Å². The Hall–Kier alpha value is -4.80. The molecule has 6 N–H and O–H groups in total. The molecule has 242 valence electrons. The number of para-hydroxylation sites is 1. The van der Waals surface area contributed by atoms with Gasteiger partial charge in [0, 0.05) is 22.7 Å². The number of anilines is 1. The van der Waals surface area contributed by atoms with Crippen molar-refractivity contribution in [3.8, 4) is 0 Å². The van der Waals surface area contributed by atoms with Crippen LogP contribution in [0.5, 0.6) is 0 Å². The average molecular weight is 654 g/mol. The van der Waals surface area contributed by atoms with Gasteiger partial charge >= 0.3 is 24.1 Å². The highest BCUT2D eigenvalue weighted by atomic mass is 32.1. The third-order valence-corrected chi connectivity index (χ3v) is 7.00. The summed E-state index contributed by atoms with van der Waals surface area (Å²) in [4.78, 5) is 58.1. The number of amides is 2. The normalized spacial score (nSPS) is 11.8. The van der Waals surface area contributed by atoms with Gasteiger partial charge in [-0.05, 0) is 48.7 Å². The minimum absolute atomic E-state index is 0.276. The van der Waals surface area contributed by atoms with Crippen LogP contribution in [0.15, 0.2) is 54.6 Å².